The lowest BCUT2D eigenvalue weighted by molar-refractivity contribution is -0.122. The van der Waals surface area contributed by atoms with E-state index in [-0.39, 0.29) is 11.9 Å². The topological polar surface area (TPSA) is 32.3 Å². The maximum atomic E-state index is 12.1. The van der Waals surface area contributed by atoms with Crippen molar-refractivity contribution in [1.29, 1.82) is 0 Å². The van der Waals surface area contributed by atoms with E-state index >= 15 is 0 Å². The van der Waals surface area contributed by atoms with Gasteiger partial charge in [-0.25, -0.2) is 0 Å². The van der Waals surface area contributed by atoms with Crippen LogP contribution >= 0.6 is 0 Å². The van der Waals surface area contributed by atoms with Crippen molar-refractivity contribution in [2.24, 2.45) is 0 Å². The number of para-hydroxylation sites is 1. The molecule has 2 aliphatic heterocycles. The first-order valence-electron chi connectivity index (χ1n) is 5.49. The average molecular weight is 202 g/mol. The molecule has 1 amide bonds. The molecule has 1 saturated heterocycles. The minimum Gasteiger partial charge on any atom is -0.310 e. The average Bonchev–Trinajstić information content (AvgIpc) is 2.58. The van der Waals surface area contributed by atoms with Crippen molar-refractivity contribution in [3.63, 3.8) is 0 Å². The molecule has 1 N–H and O–H groups in total. The summed E-state index contributed by atoms with van der Waals surface area (Å²) in [4.78, 5) is 14.0. The molecule has 0 spiro atoms. The van der Waals surface area contributed by atoms with Crippen molar-refractivity contribution in [1.82, 2.24) is 5.32 Å². The highest BCUT2D eigenvalue weighted by atomic mass is 16.2. The van der Waals surface area contributed by atoms with E-state index < -0.39 is 0 Å². The molecular formula is C12H14N2O. The number of carbonyl (C=O) groups is 1. The molecular weight excluding hydrogens is 188 g/mol. The molecule has 3 nitrogen and oxygen atoms in total. The fraction of sp³-hybridized carbons (Fsp3) is 0.417. The quantitative estimate of drug-likeness (QED) is 0.735. The van der Waals surface area contributed by atoms with Crippen molar-refractivity contribution < 1.29 is 4.79 Å². The summed E-state index contributed by atoms with van der Waals surface area (Å²) >= 11 is 0. The fourth-order valence-corrected chi connectivity index (χ4v) is 2.25. The molecule has 0 aliphatic carbocycles. The maximum absolute atomic E-state index is 12.1. The summed E-state index contributed by atoms with van der Waals surface area (Å²) in [5.41, 5.74) is 2.40. The first kappa shape index (κ1) is 8.92. The second-order valence-electron chi connectivity index (χ2n) is 4.16. The van der Waals surface area contributed by atoms with Crippen LogP contribution in [0.5, 0.6) is 0 Å². The van der Waals surface area contributed by atoms with Gasteiger partial charge in [0.05, 0.1) is 6.04 Å². The second kappa shape index (κ2) is 3.35. The van der Waals surface area contributed by atoms with Crippen molar-refractivity contribution in [2.45, 2.75) is 18.9 Å². The summed E-state index contributed by atoms with van der Waals surface area (Å²) in [6.45, 7) is 1.82. The summed E-state index contributed by atoms with van der Waals surface area (Å²) in [6, 6.07) is 8.25. The monoisotopic (exact) mass is 202 g/mol. The Morgan fingerprint density at radius 3 is 2.93 bits per heavy atom. The van der Waals surface area contributed by atoms with E-state index in [0.717, 1.165) is 31.6 Å². The summed E-state index contributed by atoms with van der Waals surface area (Å²) in [7, 11) is 0. The van der Waals surface area contributed by atoms with Crippen molar-refractivity contribution in [3.8, 4) is 0 Å². The van der Waals surface area contributed by atoms with E-state index in [0.29, 0.717) is 0 Å². The molecule has 1 atom stereocenters. The molecule has 3 rings (SSSR count). The first-order chi connectivity index (χ1) is 7.36. The van der Waals surface area contributed by atoms with Gasteiger partial charge in [0.1, 0.15) is 0 Å². The number of nitrogens with zero attached hydrogens (tertiary/aromatic N) is 1. The predicted octanol–water partition coefficient (Wildman–Crippen LogP) is 0.938. The van der Waals surface area contributed by atoms with Crippen molar-refractivity contribution >= 4 is 11.6 Å². The Morgan fingerprint density at radius 2 is 2.20 bits per heavy atom. The zero-order valence-corrected chi connectivity index (χ0v) is 8.57. The lowest BCUT2D eigenvalue weighted by atomic mass is 10.1. The number of benzene rings is 1. The van der Waals surface area contributed by atoms with Gasteiger partial charge < -0.3 is 10.2 Å². The van der Waals surface area contributed by atoms with Crippen LogP contribution in [0.4, 0.5) is 5.69 Å². The Balaban J connectivity index is 1.86. The largest absolute Gasteiger partial charge is 0.310 e. The van der Waals surface area contributed by atoms with Crippen LogP contribution in [0.1, 0.15) is 12.0 Å². The molecule has 1 aromatic rings. The van der Waals surface area contributed by atoms with Gasteiger partial charge in [-0.2, -0.15) is 0 Å². The van der Waals surface area contributed by atoms with Gasteiger partial charge in [0.15, 0.2) is 0 Å². The highest BCUT2D eigenvalue weighted by molar-refractivity contribution is 5.99. The highest BCUT2D eigenvalue weighted by Crippen LogP contribution is 2.28. The van der Waals surface area contributed by atoms with Crippen LogP contribution in [-0.2, 0) is 11.2 Å². The van der Waals surface area contributed by atoms with Crippen LogP contribution in [0.25, 0.3) is 0 Å². The van der Waals surface area contributed by atoms with Gasteiger partial charge in [-0.3, -0.25) is 4.79 Å². The maximum Gasteiger partial charge on any atom is 0.244 e. The van der Waals surface area contributed by atoms with Gasteiger partial charge in [-0.1, -0.05) is 18.2 Å². The van der Waals surface area contributed by atoms with Gasteiger partial charge in [-0.15, -0.1) is 0 Å². The molecule has 0 unspecified atom stereocenters. The highest BCUT2D eigenvalue weighted by Gasteiger charge is 2.32. The fourth-order valence-electron chi connectivity index (χ4n) is 2.25. The zero-order valence-electron chi connectivity index (χ0n) is 8.57. The summed E-state index contributed by atoms with van der Waals surface area (Å²) in [5, 5.41) is 3.16. The SMILES string of the molecule is O=C([C@H]1CCN1)N1CCc2ccccc21. The van der Waals surface area contributed by atoms with Crippen LogP contribution in [0, 0.1) is 0 Å². The van der Waals surface area contributed by atoms with Crippen LogP contribution in [-0.4, -0.2) is 25.0 Å². The van der Waals surface area contributed by atoms with E-state index in [1.807, 2.05) is 23.1 Å². The Labute approximate surface area is 89.1 Å². The van der Waals surface area contributed by atoms with E-state index in [4.69, 9.17) is 0 Å². The number of hydrogen-bond acceptors (Lipinski definition) is 2. The number of carbonyl (C=O) groups excluding carboxylic acids is 1. The standard InChI is InChI=1S/C12H14N2O/c15-12(10-5-7-13-10)14-8-6-9-3-1-2-4-11(9)14/h1-4,10,13H,5-8H2/t10-/m1/s1. The van der Waals surface area contributed by atoms with E-state index in [1.165, 1.54) is 5.56 Å². The van der Waals surface area contributed by atoms with Gasteiger partial charge in [0.2, 0.25) is 5.91 Å². The Kier molecular flexibility index (Phi) is 1.99. The molecule has 3 heteroatoms. The number of anilines is 1. The molecule has 2 heterocycles. The van der Waals surface area contributed by atoms with E-state index in [1.54, 1.807) is 0 Å². The third-order valence-electron chi connectivity index (χ3n) is 3.28. The van der Waals surface area contributed by atoms with Gasteiger partial charge in [-0.05, 0) is 31.0 Å². The zero-order chi connectivity index (χ0) is 10.3. The Bertz CT molecular complexity index is 398. The first-order valence-corrected chi connectivity index (χ1v) is 5.49. The number of nitrogens with one attached hydrogen (secondary N) is 1. The lowest BCUT2D eigenvalue weighted by Gasteiger charge is -2.30. The molecule has 15 heavy (non-hydrogen) atoms. The molecule has 0 aromatic heterocycles. The molecule has 1 aromatic carbocycles. The number of rotatable bonds is 1. The van der Waals surface area contributed by atoms with E-state index in [2.05, 4.69) is 11.4 Å². The van der Waals surface area contributed by atoms with Crippen LogP contribution < -0.4 is 10.2 Å². The summed E-state index contributed by atoms with van der Waals surface area (Å²) in [6.07, 6.45) is 1.98. The number of amides is 1. The lowest BCUT2D eigenvalue weighted by Crippen LogP contribution is -2.54. The summed E-state index contributed by atoms with van der Waals surface area (Å²) in [5.74, 6) is 0.242. The van der Waals surface area contributed by atoms with Crippen LogP contribution in [0.2, 0.25) is 0 Å². The third kappa shape index (κ3) is 1.35. The van der Waals surface area contributed by atoms with E-state index in [9.17, 15) is 4.79 Å². The molecule has 78 valence electrons. The molecule has 1 fully saturated rings. The van der Waals surface area contributed by atoms with Gasteiger partial charge >= 0.3 is 0 Å². The Morgan fingerprint density at radius 1 is 1.40 bits per heavy atom. The van der Waals surface area contributed by atoms with Crippen LogP contribution in [0.15, 0.2) is 24.3 Å². The molecule has 2 aliphatic rings. The smallest absolute Gasteiger partial charge is 0.244 e. The minimum atomic E-state index is 0.0659. The van der Waals surface area contributed by atoms with Crippen molar-refractivity contribution in [2.75, 3.05) is 18.0 Å². The predicted molar refractivity (Wildman–Crippen MR) is 58.9 cm³/mol. The molecule has 0 saturated carbocycles. The normalized spacial score (nSPS) is 23.5. The number of hydrogen-bond donors (Lipinski definition) is 1. The molecule has 0 radical (unpaired) electrons. The second-order valence-corrected chi connectivity index (χ2v) is 4.16. The van der Waals surface area contributed by atoms with Gasteiger partial charge in [0, 0.05) is 12.2 Å². The summed E-state index contributed by atoms with van der Waals surface area (Å²) < 4.78 is 0. The molecule has 0 bridgehead atoms. The Hall–Kier alpha value is -1.35. The third-order valence-corrected chi connectivity index (χ3v) is 3.28. The van der Waals surface area contributed by atoms with Gasteiger partial charge in [0.25, 0.3) is 0 Å². The minimum absolute atomic E-state index is 0.0659. The van der Waals surface area contributed by atoms with Crippen LogP contribution in [0.3, 0.4) is 0 Å². The number of fused-ring (bicyclic) bond motifs is 1. The van der Waals surface area contributed by atoms with Crippen molar-refractivity contribution in [3.05, 3.63) is 29.8 Å².